The number of hydrogen-bond donors (Lipinski definition) is 1. The average molecular weight is 476 g/mol. The standard InChI is InChI=1S/C27H37N7O/c1-21-15-23(3)34(32-21)14-13-33(12-9-27-30-17-22(2)31-27)11-6-4-5-7-24-16-26(19-28-18-24)35-20-25-8-10-29-25/h15-19,25,27,29H,4,6,8-14,20H2,1-3H3/t25-,27?/m0/s1. The minimum Gasteiger partial charge on any atom is -0.490 e. The summed E-state index contributed by atoms with van der Waals surface area (Å²) in [4.78, 5) is 15.8. The Morgan fingerprint density at radius 2 is 2.06 bits per heavy atom. The van der Waals surface area contributed by atoms with Crippen molar-refractivity contribution in [2.75, 3.05) is 32.8 Å². The highest BCUT2D eigenvalue weighted by Gasteiger charge is 2.16. The van der Waals surface area contributed by atoms with Crippen LogP contribution in [0.15, 0.2) is 34.5 Å². The molecule has 1 unspecified atom stereocenters. The summed E-state index contributed by atoms with van der Waals surface area (Å²) in [7, 11) is 0. The van der Waals surface area contributed by atoms with Gasteiger partial charge in [0, 0.05) is 55.6 Å². The predicted molar refractivity (Wildman–Crippen MR) is 140 cm³/mol. The Balaban J connectivity index is 1.24. The van der Waals surface area contributed by atoms with Crippen molar-refractivity contribution in [2.45, 2.75) is 65.2 Å². The molecule has 0 bridgehead atoms. The van der Waals surface area contributed by atoms with Gasteiger partial charge in [0.05, 0.1) is 24.1 Å². The van der Waals surface area contributed by atoms with Crippen molar-refractivity contribution in [2.24, 2.45) is 9.98 Å². The van der Waals surface area contributed by atoms with Gasteiger partial charge in [-0.15, -0.1) is 0 Å². The average Bonchev–Trinajstić information content (AvgIpc) is 3.37. The van der Waals surface area contributed by atoms with Crippen molar-refractivity contribution in [3.63, 3.8) is 0 Å². The van der Waals surface area contributed by atoms with Gasteiger partial charge in [-0.3, -0.25) is 19.7 Å². The minimum absolute atomic E-state index is 0.0630. The van der Waals surface area contributed by atoms with Crippen LogP contribution in [0.5, 0.6) is 5.75 Å². The number of nitrogens with one attached hydrogen (secondary N) is 1. The Labute approximate surface area is 208 Å². The minimum atomic E-state index is 0.0630. The van der Waals surface area contributed by atoms with Crippen molar-refractivity contribution in [1.82, 2.24) is 25.0 Å². The Kier molecular flexibility index (Phi) is 9.04. The number of aromatic nitrogens is 3. The molecule has 0 aliphatic carbocycles. The lowest BCUT2D eigenvalue weighted by Crippen LogP contribution is -2.46. The number of hydrogen-bond acceptors (Lipinski definition) is 7. The summed E-state index contributed by atoms with van der Waals surface area (Å²) in [6, 6.07) is 4.57. The fraction of sp³-hybridized carbons (Fsp3) is 0.556. The van der Waals surface area contributed by atoms with Crippen molar-refractivity contribution in [3.8, 4) is 17.6 Å². The summed E-state index contributed by atoms with van der Waals surface area (Å²) in [6.07, 6.45) is 9.45. The molecule has 1 fully saturated rings. The molecule has 4 heterocycles. The van der Waals surface area contributed by atoms with Crippen LogP contribution in [0.2, 0.25) is 0 Å². The third kappa shape index (κ3) is 8.01. The van der Waals surface area contributed by atoms with E-state index in [4.69, 9.17) is 4.74 Å². The van der Waals surface area contributed by atoms with Crippen LogP contribution >= 0.6 is 0 Å². The zero-order chi connectivity index (χ0) is 24.5. The number of rotatable bonds is 12. The molecule has 186 valence electrons. The summed E-state index contributed by atoms with van der Waals surface area (Å²) < 4.78 is 7.93. The molecule has 2 aliphatic heterocycles. The van der Waals surface area contributed by atoms with E-state index >= 15 is 0 Å². The fourth-order valence-corrected chi connectivity index (χ4v) is 4.21. The maximum absolute atomic E-state index is 5.83. The van der Waals surface area contributed by atoms with E-state index in [0.29, 0.717) is 12.6 Å². The lowest BCUT2D eigenvalue weighted by molar-refractivity contribution is 0.217. The molecule has 0 radical (unpaired) electrons. The maximum atomic E-state index is 5.83. The lowest BCUT2D eigenvalue weighted by Gasteiger charge is -2.27. The van der Waals surface area contributed by atoms with E-state index in [1.54, 1.807) is 12.4 Å². The number of unbranched alkanes of at least 4 members (excludes halogenated alkanes) is 1. The van der Waals surface area contributed by atoms with Gasteiger partial charge in [-0.25, -0.2) is 0 Å². The molecule has 0 amide bonds. The number of pyridine rings is 1. The molecule has 0 spiro atoms. The van der Waals surface area contributed by atoms with Crippen LogP contribution in [-0.4, -0.2) is 76.6 Å². The molecular weight excluding hydrogens is 438 g/mol. The van der Waals surface area contributed by atoms with Crippen LogP contribution in [0.3, 0.4) is 0 Å². The SMILES string of the molecule is CC1=NC(CCN(CCCC#Cc2cncc(OC[C@@H]3CCN3)c2)CCn2nc(C)cc2C)N=C1. The summed E-state index contributed by atoms with van der Waals surface area (Å²) in [5.74, 6) is 7.35. The van der Waals surface area contributed by atoms with Gasteiger partial charge < -0.3 is 15.0 Å². The van der Waals surface area contributed by atoms with E-state index in [1.165, 1.54) is 12.1 Å². The molecule has 35 heavy (non-hydrogen) atoms. The van der Waals surface area contributed by atoms with E-state index in [2.05, 4.69) is 59.8 Å². The zero-order valence-corrected chi connectivity index (χ0v) is 21.2. The van der Waals surface area contributed by atoms with Gasteiger partial charge in [-0.2, -0.15) is 5.10 Å². The van der Waals surface area contributed by atoms with E-state index in [0.717, 1.165) is 74.7 Å². The van der Waals surface area contributed by atoms with E-state index < -0.39 is 0 Å². The first-order chi connectivity index (χ1) is 17.0. The Bertz CT molecular complexity index is 1090. The largest absolute Gasteiger partial charge is 0.490 e. The Morgan fingerprint density at radius 3 is 2.77 bits per heavy atom. The van der Waals surface area contributed by atoms with Crippen molar-refractivity contribution in [1.29, 1.82) is 0 Å². The second-order valence-corrected chi connectivity index (χ2v) is 9.38. The molecule has 2 aromatic rings. The molecule has 4 rings (SSSR count). The third-order valence-electron chi connectivity index (χ3n) is 6.32. The van der Waals surface area contributed by atoms with Crippen LogP contribution in [0.4, 0.5) is 0 Å². The monoisotopic (exact) mass is 475 g/mol. The maximum Gasteiger partial charge on any atom is 0.141 e. The first-order valence-corrected chi connectivity index (χ1v) is 12.7. The highest BCUT2D eigenvalue weighted by molar-refractivity contribution is 6.30. The molecule has 1 saturated heterocycles. The first kappa shape index (κ1) is 25.1. The van der Waals surface area contributed by atoms with Gasteiger partial charge in [0.15, 0.2) is 0 Å². The van der Waals surface area contributed by atoms with Crippen LogP contribution in [0.25, 0.3) is 0 Å². The first-order valence-electron chi connectivity index (χ1n) is 12.7. The number of nitrogens with zero attached hydrogens (tertiary/aromatic N) is 6. The van der Waals surface area contributed by atoms with Crippen LogP contribution in [-0.2, 0) is 6.54 Å². The fourth-order valence-electron chi connectivity index (χ4n) is 4.21. The molecule has 0 saturated carbocycles. The molecular formula is C27H37N7O. The van der Waals surface area contributed by atoms with Crippen LogP contribution in [0, 0.1) is 25.7 Å². The van der Waals surface area contributed by atoms with Crippen molar-refractivity contribution >= 4 is 11.9 Å². The molecule has 8 nitrogen and oxygen atoms in total. The van der Waals surface area contributed by atoms with Gasteiger partial charge in [0.1, 0.15) is 18.5 Å². The smallest absolute Gasteiger partial charge is 0.141 e. The van der Waals surface area contributed by atoms with Gasteiger partial charge in [-0.05, 0) is 58.8 Å². The van der Waals surface area contributed by atoms with Gasteiger partial charge >= 0.3 is 0 Å². The molecule has 2 aliphatic rings. The second-order valence-electron chi connectivity index (χ2n) is 9.38. The summed E-state index contributed by atoms with van der Waals surface area (Å²) in [5.41, 5.74) is 4.19. The van der Waals surface area contributed by atoms with Crippen LogP contribution in [0.1, 0.15) is 49.6 Å². The topological polar surface area (TPSA) is 79.9 Å². The molecule has 0 aromatic carbocycles. The number of aliphatic imine (C=N–C) groups is 2. The quantitative estimate of drug-likeness (QED) is 0.377. The van der Waals surface area contributed by atoms with Gasteiger partial charge in [0.25, 0.3) is 0 Å². The van der Waals surface area contributed by atoms with Crippen LogP contribution < -0.4 is 10.1 Å². The molecule has 8 heteroatoms. The van der Waals surface area contributed by atoms with E-state index in [-0.39, 0.29) is 6.17 Å². The highest BCUT2D eigenvalue weighted by atomic mass is 16.5. The number of ether oxygens (including phenoxy) is 1. The summed E-state index contributed by atoms with van der Waals surface area (Å²) >= 11 is 0. The van der Waals surface area contributed by atoms with Crippen molar-refractivity contribution in [3.05, 3.63) is 41.5 Å². The normalized spacial score (nSPS) is 18.8. The lowest BCUT2D eigenvalue weighted by atomic mass is 10.1. The molecule has 2 atom stereocenters. The molecule has 1 N–H and O–H groups in total. The number of aryl methyl sites for hydroxylation is 2. The predicted octanol–water partition coefficient (Wildman–Crippen LogP) is 3.03. The van der Waals surface area contributed by atoms with Gasteiger partial charge in [-0.1, -0.05) is 11.8 Å². The third-order valence-corrected chi connectivity index (χ3v) is 6.32. The van der Waals surface area contributed by atoms with E-state index in [9.17, 15) is 0 Å². The van der Waals surface area contributed by atoms with Crippen molar-refractivity contribution < 1.29 is 4.74 Å². The van der Waals surface area contributed by atoms with Gasteiger partial charge in [0.2, 0.25) is 0 Å². The van der Waals surface area contributed by atoms with E-state index in [1.807, 2.05) is 26.1 Å². The second kappa shape index (κ2) is 12.6. The summed E-state index contributed by atoms with van der Waals surface area (Å²) in [6.45, 7) is 11.7. The Morgan fingerprint density at radius 1 is 1.17 bits per heavy atom. The Hall–Kier alpha value is -3.02. The summed E-state index contributed by atoms with van der Waals surface area (Å²) in [5, 5.41) is 7.95. The highest BCUT2D eigenvalue weighted by Crippen LogP contribution is 2.13. The molecule has 2 aromatic heterocycles. The zero-order valence-electron chi connectivity index (χ0n) is 21.2.